The molecular weight excluding hydrogens is 258 g/mol. The van der Waals surface area contributed by atoms with Crippen molar-refractivity contribution in [1.82, 2.24) is 5.32 Å². The summed E-state index contributed by atoms with van der Waals surface area (Å²) in [6.07, 6.45) is 3.62. The molecule has 1 aromatic carbocycles. The molecule has 0 spiro atoms. The van der Waals surface area contributed by atoms with E-state index in [0.29, 0.717) is 17.7 Å². The number of hydrogen-bond acceptors (Lipinski definition) is 1. The molecule has 1 saturated carbocycles. The van der Waals surface area contributed by atoms with E-state index in [-0.39, 0.29) is 5.91 Å². The Morgan fingerprint density at radius 1 is 1.32 bits per heavy atom. The summed E-state index contributed by atoms with van der Waals surface area (Å²) in [5.74, 6) is 1.87. The molecule has 0 heterocycles. The highest BCUT2D eigenvalue weighted by molar-refractivity contribution is 6.18. The molecule has 1 aliphatic rings. The van der Waals surface area contributed by atoms with E-state index in [1.54, 1.807) is 0 Å². The van der Waals surface area contributed by atoms with Gasteiger partial charge in [0.15, 0.2) is 0 Å². The second-order valence-electron chi connectivity index (χ2n) is 5.56. The number of aryl methyl sites for hydroxylation is 1. The number of carbonyl (C=O) groups is 1. The predicted molar refractivity (Wildman–Crippen MR) is 79.8 cm³/mol. The Morgan fingerprint density at radius 2 is 2.05 bits per heavy atom. The van der Waals surface area contributed by atoms with Gasteiger partial charge in [0.1, 0.15) is 0 Å². The zero-order chi connectivity index (χ0) is 13.8. The lowest BCUT2D eigenvalue weighted by Gasteiger charge is -2.18. The van der Waals surface area contributed by atoms with Crippen LogP contribution in [0.15, 0.2) is 18.2 Å². The Kier molecular flexibility index (Phi) is 4.87. The van der Waals surface area contributed by atoms with Gasteiger partial charge in [-0.15, -0.1) is 11.6 Å². The van der Waals surface area contributed by atoms with Crippen molar-refractivity contribution in [3.63, 3.8) is 0 Å². The van der Waals surface area contributed by atoms with Gasteiger partial charge in [-0.3, -0.25) is 4.79 Å². The van der Waals surface area contributed by atoms with Gasteiger partial charge in [0.05, 0.1) is 0 Å². The van der Waals surface area contributed by atoms with Crippen molar-refractivity contribution < 1.29 is 4.79 Å². The third-order valence-corrected chi connectivity index (χ3v) is 4.79. The summed E-state index contributed by atoms with van der Waals surface area (Å²) in [5.41, 5.74) is 3.02. The molecule has 0 saturated heterocycles. The molecule has 2 unspecified atom stereocenters. The van der Waals surface area contributed by atoms with Gasteiger partial charge in [-0.1, -0.05) is 18.6 Å². The van der Waals surface area contributed by atoms with E-state index in [9.17, 15) is 4.79 Å². The summed E-state index contributed by atoms with van der Waals surface area (Å²) in [6.45, 7) is 4.79. The van der Waals surface area contributed by atoms with E-state index in [1.807, 2.05) is 32.0 Å². The smallest absolute Gasteiger partial charge is 0.251 e. The molecule has 3 heteroatoms. The average Bonchev–Trinajstić information content (AvgIpc) is 2.86. The third-order valence-electron chi connectivity index (χ3n) is 4.39. The molecule has 2 rings (SSSR count). The molecular formula is C16H22ClNO. The van der Waals surface area contributed by atoms with Crippen molar-refractivity contribution in [1.29, 1.82) is 0 Å². The van der Waals surface area contributed by atoms with Crippen LogP contribution in [0.25, 0.3) is 0 Å². The molecule has 0 aliphatic heterocycles. The Bertz CT molecular complexity index is 458. The van der Waals surface area contributed by atoms with Crippen LogP contribution in [0.5, 0.6) is 0 Å². The normalized spacial score (nSPS) is 22.5. The number of alkyl halides is 1. The molecule has 2 atom stereocenters. The second-order valence-corrected chi connectivity index (χ2v) is 5.87. The first-order chi connectivity index (χ1) is 9.13. The fraction of sp³-hybridized carbons (Fsp3) is 0.562. The maximum atomic E-state index is 12.2. The van der Waals surface area contributed by atoms with Crippen LogP contribution < -0.4 is 5.32 Å². The fourth-order valence-electron chi connectivity index (χ4n) is 2.90. The first kappa shape index (κ1) is 14.4. The van der Waals surface area contributed by atoms with Gasteiger partial charge in [0.2, 0.25) is 0 Å². The monoisotopic (exact) mass is 279 g/mol. The summed E-state index contributed by atoms with van der Waals surface area (Å²) >= 11 is 5.97. The maximum absolute atomic E-state index is 12.2. The molecule has 1 amide bonds. The van der Waals surface area contributed by atoms with Gasteiger partial charge in [-0.05, 0) is 55.7 Å². The van der Waals surface area contributed by atoms with E-state index in [1.165, 1.54) is 19.3 Å². The SMILES string of the molecule is Cc1cccc(C(=O)NCC2CCCC2CCl)c1C. The lowest BCUT2D eigenvalue weighted by molar-refractivity contribution is 0.0944. The van der Waals surface area contributed by atoms with Crippen LogP contribution in [-0.2, 0) is 0 Å². The zero-order valence-corrected chi connectivity index (χ0v) is 12.5. The van der Waals surface area contributed by atoms with Crippen molar-refractivity contribution >= 4 is 17.5 Å². The predicted octanol–water partition coefficient (Wildman–Crippen LogP) is 3.69. The number of benzene rings is 1. The van der Waals surface area contributed by atoms with Crippen LogP contribution >= 0.6 is 11.6 Å². The third kappa shape index (κ3) is 3.30. The fourth-order valence-corrected chi connectivity index (χ4v) is 3.31. The summed E-state index contributed by atoms with van der Waals surface area (Å²) in [5, 5.41) is 3.08. The molecule has 104 valence electrons. The molecule has 0 bridgehead atoms. The number of halogens is 1. The summed E-state index contributed by atoms with van der Waals surface area (Å²) in [6, 6.07) is 5.87. The number of amides is 1. The number of carbonyl (C=O) groups excluding carboxylic acids is 1. The Morgan fingerprint density at radius 3 is 2.79 bits per heavy atom. The van der Waals surface area contributed by atoms with Gasteiger partial charge in [-0.25, -0.2) is 0 Å². The van der Waals surface area contributed by atoms with Crippen molar-refractivity contribution in [2.45, 2.75) is 33.1 Å². The quantitative estimate of drug-likeness (QED) is 0.837. The highest BCUT2D eigenvalue weighted by Gasteiger charge is 2.26. The van der Waals surface area contributed by atoms with Crippen LogP contribution in [0.4, 0.5) is 0 Å². The largest absolute Gasteiger partial charge is 0.352 e. The molecule has 19 heavy (non-hydrogen) atoms. The van der Waals surface area contributed by atoms with Crippen LogP contribution in [-0.4, -0.2) is 18.3 Å². The van der Waals surface area contributed by atoms with E-state index in [0.717, 1.165) is 23.2 Å². The zero-order valence-electron chi connectivity index (χ0n) is 11.7. The molecule has 0 aromatic heterocycles. The van der Waals surface area contributed by atoms with Crippen LogP contribution in [0.1, 0.15) is 40.7 Å². The van der Waals surface area contributed by atoms with E-state index < -0.39 is 0 Å². The Balaban J connectivity index is 1.96. The van der Waals surface area contributed by atoms with Crippen LogP contribution in [0.3, 0.4) is 0 Å². The maximum Gasteiger partial charge on any atom is 0.251 e. The minimum Gasteiger partial charge on any atom is -0.352 e. The lowest BCUT2D eigenvalue weighted by atomic mass is 9.97. The molecule has 1 aromatic rings. The van der Waals surface area contributed by atoms with Gasteiger partial charge < -0.3 is 5.32 Å². The highest BCUT2D eigenvalue weighted by atomic mass is 35.5. The van der Waals surface area contributed by atoms with Gasteiger partial charge in [0.25, 0.3) is 5.91 Å². The Labute approximate surface area is 120 Å². The first-order valence-electron chi connectivity index (χ1n) is 7.04. The molecule has 0 radical (unpaired) electrons. The number of hydrogen-bond donors (Lipinski definition) is 1. The van der Waals surface area contributed by atoms with Crippen molar-refractivity contribution in [2.75, 3.05) is 12.4 Å². The summed E-state index contributed by atoms with van der Waals surface area (Å²) in [7, 11) is 0. The van der Waals surface area contributed by atoms with Gasteiger partial charge in [0, 0.05) is 18.0 Å². The van der Waals surface area contributed by atoms with Gasteiger partial charge in [-0.2, -0.15) is 0 Å². The average molecular weight is 280 g/mol. The first-order valence-corrected chi connectivity index (χ1v) is 7.57. The molecule has 1 N–H and O–H groups in total. The second kappa shape index (κ2) is 6.42. The van der Waals surface area contributed by atoms with Crippen molar-refractivity contribution in [3.8, 4) is 0 Å². The van der Waals surface area contributed by atoms with Crippen molar-refractivity contribution in [2.24, 2.45) is 11.8 Å². The number of rotatable bonds is 4. The Hall–Kier alpha value is -1.02. The lowest BCUT2D eigenvalue weighted by Crippen LogP contribution is -2.31. The van der Waals surface area contributed by atoms with Crippen molar-refractivity contribution in [3.05, 3.63) is 34.9 Å². The van der Waals surface area contributed by atoms with E-state index in [4.69, 9.17) is 11.6 Å². The van der Waals surface area contributed by atoms with E-state index >= 15 is 0 Å². The molecule has 1 aliphatic carbocycles. The van der Waals surface area contributed by atoms with E-state index in [2.05, 4.69) is 5.32 Å². The van der Waals surface area contributed by atoms with Gasteiger partial charge >= 0.3 is 0 Å². The summed E-state index contributed by atoms with van der Waals surface area (Å²) in [4.78, 5) is 12.2. The number of nitrogens with one attached hydrogen (secondary N) is 1. The van der Waals surface area contributed by atoms with Crippen LogP contribution in [0.2, 0.25) is 0 Å². The topological polar surface area (TPSA) is 29.1 Å². The standard InChI is InChI=1S/C16H22ClNO/c1-11-5-3-8-15(12(11)2)16(19)18-10-14-7-4-6-13(14)9-17/h3,5,8,13-14H,4,6-7,9-10H2,1-2H3,(H,18,19). The molecule has 1 fully saturated rings. The summed E-state index contributed by atoms with van der Waals surface area (Å²) < 4.78 is 0. The minimum atomic E-state index is 0.0430. The molecule has 2 nitrogen and oxygen atoms in total. The van der Waals surface area contributed by atoms with Crippen LogP contribution in [0, 0.1) is 25.7 Å². The minimum absolute atomic E-state index is 0.0430. The highest BCUT2D eigenvalue weighted by Crippen LogP contribution is 2.32.